The quantitative estimate of drug-likeness (QED) is 0.854. The van der Waals surface area contributed by atoms with Gasteiger partial charge in [-0.2, -0.15) is 0 Å². The summed E-state index contributed by atoms with van der Waals surface area (Å²) in [5.41, 5.74) is 4.84. The van der Waals surface area contributed by atoms with Crippen molar-refractivity contribution in [2.45, 2.75) is 33.7 Å². The highest BCUT2D eigenvalue weighted by molar-refractivity contribution is 5.91. The molecule has 0 spiro atoms. The molecule has 126 valence electrons. The van der Waals surface area contributed by atoms with Crippen molar-refractivity contribution in [1.29, 1.82) is 0 Å². The average Bonchev–Trinajstić information content (AvgIpc) is 2.55. The normalized spacial score (nSPS) is 11.7. The van der Waals surface area contributed by atoms with E-state index in [9.17, 15) is 9.59 Å². The zero-order valence-corrected chi connectivity index (χ0v) is 14.6. The lowest BCUT2D eigenvalue weighted by Gasteiger charge is -2.15. The molecule has 4 nitrogen and oxygen atoms in total. The summed E-state index contributed by atoms with van der Waals surface area (Å²) in [5, 5.41) is 2.84. The maximum atomic E-state index is 12.0. The number of rotatable bonds is 5. The number of ether oxygens (including phenoxy) is 1. The summed E-state index contributed by atoms with van der Waals surface area (Å²) < 4.78 is 5.07. The second kappa shape index (κ2) is 7.77. The number of esters is 1. The van der Waals surface area contributed by atoms with Crippen LogP contribution in [-0.2, 0) is 9.53 Å². The maximum Gasteiger partial charge on any atom is 0.338 e. The highest BCUT2D eigenvalue weighted by atomic mass is 16.5. The number of carbonyl (C=O) groups is 2. The molecule has 0 heterocycles. The second-order valence-corrected chi connectivity index (χ2v) is 6.08. The van der Waals surface area contributed by atoms with Gasteiger partial charge in [0.1, 0.15) is 0 Å². The largest absolute Gasteiger partial charge is 0.452 e. The Morgan fingerprint density at radius 2 is 1.79 bits per heavy atom. The molecule has 2 aromatic carbocycles. The number of hydrogen-bond acceptors (Lipinski definition) is 3. The number of hydrogen-bond donors (Lipinski definition) is 1. The number of amides is 1. The van der Waals surface area contributed by atoms with Gasteiger partial charge in [0.15, 0.2) is 6.61 Å². The van der Waals surface area contributed by atoms with E-state index in [1.165, 1.54) is 11.1 Å². The van der Waals surface area contributed by atoms with Crippen LogP contribution in [0.5, 0.6) is 0 Å². The number of aryl methyl sites for hydroxylation is 3. The highest BCUT2D eigenvalue weighted by Crippen LogP contribution is 2.16. The van der Waals surface area contributed by atoms with E-state index in [1.807, 2.05) is 45.9 Å². The zero-order valence-electron chi connectivity index (χ0n) is 14.6. The molecule has 4 heteroatoms. The third kappa shape index (κ3) is 4.69. The number of nitrogens with one attached hydrogen (secondary N) is 1. The van der Waals surface area contributed by atoms with Crippen LogP contribution in [0.15, 0.2) is 42.5 Å². The summed E-state index contributed by atoms with van der Waals surface area (Å²) in [7, 11) is 0. The van der Waals surface area contributed by atoms with Crippen LogP contribution < -0.4 is 5.32 Å². The molecule has 1 amide bonds. The Labute approximate surface area is 142 Å². The molecule has 0 saturated carbocycles. The predicted molar refractivity (Wildman–Crippen MR) is 93.9 cm³/mol. The molecule has 1 N–H and O–H groups in total. The molecule has 0 aliphatic rings. The summed E-state index contributed by atoms with van der Waals surface area (Å²) in [6.07, 6.45) is 0. The smallest absolute Gasteiger partial charge is 0.338 e. The van der Waals surface area contributed by atoms with Crippen LogP contribution in [-0.4, -0.2) is 18.5 Å². The van der Waals surface area contributed by atoms with Crippen molar-refractivity contribution in [2.75, 3.05) is 6.61 Å². The number of benzene rings is 2. The van der Waals surface area contributed by atoms with E-state index in [-0.39, 0.29) is 18.6 Å². The lowest BCUT2D eigenvalue weighted by Crippen LogP contribution is -2.31. The standard InChI is InChI=1S/C20H23NO3/c1-13-6-5-7-18(10-13)20(23)24-12-19(22)21-16(4)17-9-8-14(2)15(3)11-17/h5-11,16H,12H2,1-4H3,(H,21,22)/t16-/m0/s1. The van der Waals surface area contributed by atoms with Crippen molar-refractivity contribution in [1.82, 2.24) is 5.32 Å². The monoisotopic (exact) mass is 325 g/mol. The van der Waals surface area contributed by atoms with Crippen molar-refractivity contribution in [3.8, 4) is 0 Å². The van der Waals surface area contributed by atoms with Gasteiger partial charge >= 0.3 is 5.97 Å². The van der Waals surface area contributed by atoms with Crippen LogP contribution in [0, 0.1) is 20.8 Å². The van der Waals surface area contributed by atoms with Gasteiger partial charge in [-0.15, -0.1) is 0 Å². The summed E-state index contributed by atoms with van der Waals surface area (Å²) >= 11 is 0. The first kappa shape index (κ1) is 17.7. The van der Waals surface area contributed by atoms with E-state index in [0.29, 0.717) is 5.56 Å². The van der Waals surface area contributed by atoms with E-state index >= 15 is 0 Å². The molecule has 0 fully saturated rings. The third-order valence-electron chi connectivity index (χ3n) is 4.00. The van der Waals surface area contributed by atoms with Gasteiger partial charge in [0.05, 0.1) is 11.6 Å². The van der Waals surface area contributed by atoms with Gasteiger partial charge in [-0.3, -0.25) is 4.79 Å². The van der Waals surface area contributed by atoms with Crippen LogP contribution >= 0.6 is 0 Å². The molecule has 0 aromatic heterocycles. The van der Waals surface area contributed by atoms with Gasteiger partial charge in [-0.05, 0) is 56.5 Å². The Balaban J connectivity index is 1.88. The van der Waals surface area contributed by atoms with E-state index in [1.54, 1.807) is 18.2 Å². The van der Waals surface area contributed by atoms with Crippen LogP contribution in [0.25, 0.3) is 0 Å². The first-order chi connectivity index (χ1) is 11.4. The average molecular weight is 325 g/mol. The lowest BCUT2D eigenvalue weighted by atomic mass is 10.0. The van der Waals surface area contributed by atoms with Gasteiger partial charge in [0.25, 0.3) is 5.91 Å². The molecular formula is C20H23NO3. The summed E-state index contributed by atoms with van der Waals surface area (Å²) in [6.45, 7) is 7.60. The van der Waals surface area contributed by atoms with E-state index in [4.69, 9.17) is 4.74 Å². The van der Waals surface area contributed by atoms with Crippen LogP contribution in [0.4, 0.5) is 0 Å². The zero-order chi connectivity index (χ0) is 17.7. The first-order valence-electron chi connectivity index (χ1n) is 7.97. The van der Waals surface area contributed by atoms with Crippen molar-refractivity contribution in [2.24, 2.45) is 0 Å². The minimum Gasteiger partial charge on any atom is -0.452 e. The molecule has 2 aromatic rings. The molecule has 0 bridgehead atoms. The number of carbonyl (C=O) groups excluding carboxylic acids is 2. The minimum atomic E-state index is -0.493. The van der Waals surface area contributed by atoms with Gasteiger partial charge in [-0.25, -0.2) is 4.79 Å². The Bertz CT molecular complexity index is 752. The Morgan fingerprint density at radius 3 is 2.46 bits per heavy atom. The molecular weight excluding hydrogens is 302 g/mol. The van der Waals surface area contributed by atoms with E-state index in [0.717, 1.165) is 11.1 Å². The van der Waals surface area contributed by atoms with E-state index < -0.39 is 5.97 Å². The van der Waals surface area contributed by atoms with Gasteiger partial charge in [0, 0.05) is 0 Å². The highest BCUT2D eigenvalue weighted by Gasteiger charge is 2.13. The van der Waals surface area contributed by atoms with Crippen molar-refractivity contribution in [3.05, 3.63) is 70.3 Å². The lowest BCUT2D eigenvalue weighted by molar-refractivity contribution is -0.124. The third-order valence-corrected chi connectivity index (χ3v) is 4.00. The summed E-state index contributed by atoms with van der Waals surface area (Å²) in [6, 6.07) is 13.0. The molecule has 1 atom stereocenters. The summed E-state index contributed by atoms with van der Waals surface area (Å²) in [5.74, 6) is -0.811. The molecule has 0 saturated heterocycles. The fourth-order valence-electron chi connectivity index (χ4n) is 2.39. The summed E-state index contributed by atoms with van der Waals surface area (Å²) in [4.78, 5) is 23.9. The molecule has 0 radical (unpaired) electrons. The molecule has 0 aliphatic heterocycles. The molecule has 2 rings (SSSR count). The van der Waals surface area contributed by atoms with Crippen molar-refractivity contribution in [3.63, 3.8) is 0 Å². The fraction of sp³-hybridized carbons (Fsp3) is 0.300. The molecule has 0 aliphatic carbocycles. The Morgan fingerprint density at radius 1 is 1.04 bits per heavy atom. The van der Waals surface area contributed by atoms with Gasteiger partial charge in [-0.1, -0.05) is 35.9 Å². The van der Waals surface area contributed by atoms with Crippen LogP contribution in [0.3, 0.4) is 0 Å². The van der Waals surface area contributed by atoms with Crippen LogP contribution in [0.2, 0.25) is 0 Å². The van der Waals surface area contributed by atoms with Gasteiger partial charge in [0.2, 0.25) is 0 Å². The minimum absolute atomic E-state index is 0.144. The van der Waals surface area contributed by atoms with Crippen LogP contribution in [0.1, 0.15) is 45.6 Å². The molecule has 0 unspecified atom stereocenters. The maximum absolute atomic E-state index is 12.0. The Kier molecular flexibility index (Phi) is 5.74. The fourth-order valence-corrected chi connectivity index (χ4v) is 2.39. The molecule has 24 heavy (non-hydrogen) atoms. The van der Waals surface area contributed by atoms with Crippen molar-refractivity contribution >= 4 is 11.9 Å². The van der Waals surface area contributed by atoms with Crippen molar-refractivity contribution < 1.29 is 14.3 Å². The van der Waals surface area contributed by atoms with Gasteiger partial charge < -0.3 is 10.1 Å². The van der Waals surface area contributed by atoms with E-state index in [2.05, 4.69) is 11.4 Å². The predicted octanol–water partition coefficient (Wildman–Crippen LogP) is 3.65. The second-order valence-electron chi connectivity index (χ2n) is 6.08. The Hall–Kier alpha value is -2.62. The SMILES string of the molecule is Cc1cccc(C(=O)OCC(=O)N[C@@H](C)c2ccc(C)c(C)c2)c1. The first-order valence-corrected chi connectivity index (χ1v) is 7.97. The topological polar surface area (TPSA) is 55.4 Å².